The summed E-state index contributed by atoms with van der Waals surface area (Å²) in [6.07, 6.45) is 1.97. The number of hydrogen-bond donors (Lipinski definition) is 1. The zero-order chi connectivity index (χ0) is 30.3. The first-order valence-corrected chi connectivity index (χ1v) is 16.5. The van der Waals surface area contributed by atoms with Crippen molar-refractivity contribution < 1.29 is 18.0 Å². The van der Waals surface area contributed by atoms with Crippen LogP contribution in [0.15, 0.2) is 71.2 Å². The Morgan fingerprint density at radius 3 is 2.29 bits per heavy atom. The molecule has 3 aromatic carbocycles. The van der Waals surface area contributed by atoms with Gasteiger partial charge in [0.25, 0.3) is 0 Å². The predicted molar refractivity (Wildman–Crippen MR) is 170 cm³/mol. The molecule has 0 saturated carbocycles. The monoisotopic (exact) mass is 681 g/mol. The third kappa shape index (κ3) is 9.20. The fourth-order valence-electron chi connectivity index (χ4n) is 4.23. The molecule has 0 aliphatic rings. The molecule has 7 nitrogen and oxygen atoms in total. The molecule has 0 aliphatic heterocycles. The Morgan fingerprint density at radius 2 is 1.71 bits per heavy atom. The second kappa shape index (κ2) is 14.5. The van der Waals surface area contributed by atoms with Gasteiger partial charge in [-0.2, -0.15) is 0 Å². The van der Waals surface area contributed by atoms with E-state index in [1.807, 2.05) is 51.1 Å². The van der Waals surface area contributed by atoms with E-state index in [2.05, 4.69) is 21.2 Å². The Hall–Kier alpha value is -2.59. The molecule has 220 valence electrons. The summed E-state index contributed by atoms with van der Waals surface area (Å²) < 4.78 is 27.8. The van der Waals surface area contributed by atoms with Gasteiger partial charge in [-0.25, -0.2) is 8.42 Å². The van der Waals surface area contributed by atoms with Gasteiger partial charge in [0, 0.05) is 33.5 Å². The molecule has 0 bridgehead atoms. The molecule has 0 aliphatic carbocycles. The Balaban J connectivity index is 2.10. The minimum absolute atomic E-state index is 0.0305. The number of nitrogens with one attached hydrogen (secondary N) is 1. The number of halogens is 3. The summed E-state index contributed by atoms with van der Waals surface area (Å²) in [5.74, 6) is -0.894. The first-order chi connectivity index (χ1) is 19.3. The lowest BCUT2D eigenvalue weighted by Crippen LogP contribution is -2.54. The van der Waals surface area contributed by atoms with E-state index in [1.54, 1.807) is 36.4 Å². The van der Waals surface area contributed by atoms with Crippen LogP contribution in [-0.2, 0) is 32.6 Å². The zero-order valence-corrected chi connectivity index (χ0v) is 27.3. The lowest BCUT2D eigenvalue weighted by molar-refractivity contribution is -0.140. The highest BCUT2D eigenvalue weighted by Gasteiger charge is 2.33. The fraction of sp³-hybridized carbons (Fsp3) is 0.333. The Labute approximate surface area is 261 Å². The van der Waals surface area contributed by atoms with Gasteiger partial charge in [0.15, 0.2) is 0 Å². The van der Waals surface area contributed by atoms with Crippen molar-refractivity contribution in [3.8, 4) is 0 Å². The fourth-order valence-corrected chi connectivity index (χ4v) is 5.78. The van der Waals surface area contributed by atoms with E-state index < -0.39 is 28.5 Å². The molecule has 0 aromatic heterocycles. The number of benzene rings is 3. The van der Waals surface area contributed by atoms with Crippen LogP contribution >= 0.6 is 39.1 Å². The number of nitrogens with zero attached hydrogens (tertiary/aromatic N) is 2. The topological polar surface area (TPSA) is 86.8 Å². The standard InChI is InChI=1S/C30H34BrCl2N3O4S/c1-5-21(3)34-30(38)28(16-22-9-7-6-8-10-22)35(18-23-11-12-24(32)17-27(23)33)29(37)19-36(41(4,39)40)25-13-14-26(31)20(2)15-25/h6-15,17,21,28H,5,16,18-19H2,1-4H3,(H,34,38)/t21-,28+/m1/s1. The first-order valence-electron chi connectivity index (χ1n) is 13.1. The smallest absolute Gasteiger partial charge is 0.244 e. The number of carbonyl (C=O) groups excluding carboxylic acids is 2. The van der Waals surface area contributed by atoms with E-state index in [4.69, 9.17) is 23.2 Å². The average Bonchev–Trinajstić information content (AvgIpc) is 2.91. The molecule has 0 unspecified atom stereocenters. The molecule has 1 N–H and O–H groups in total. The van der Waals surface area contributed by atoms with Gasteiger partial charge in [0.05, 0.1) is 11.9 Å². The van der Waals surface area contributed by atoms with E-state index >= 15 is 0 Å². The van der Waals surface area contributed by atoms with Crippen LogP contribution in [0.2, 0.25) is 10.0 Å². The molecule has 0 radical (unpaired) electrons. The minimum atomic E-state index is -3.86. The Morgan fingerprint density at radius 1 is 1.02 bits per heavy atom. The molecule has 11 heteroatoms. The van der Waals surface area contributed by atoms with Crippen molar-refractivity contribution in [3.05, 3.63) is 97.9 Å². The van der Waals surface area contributed by atoms with Crippen LogP contribution < -0.4 is 9.62 Å². The average molecular weight is 683 g/mol. The normalized spacial score (nSPS) is 12.9. The van der Waals surface area contributed by atoms with Crippen LogP contribution in [0.1, 0.15) is 37.0 Å². The predicted octanol–water partition coefficient (Wildman–Crippen LogP) is 6.39. The molecule has 0 heterocycles. The maximum atomic E-state index is 14.2. The number of anilines is 1. The molecule has 0 spiro atoms. The van der Waals surface area contributed by atoms with Crippen molar-refractivity contribution in [2.75, 3.05) is 17.1 Å². The largest absolute Gasteiger partial charge is 0.352 e. The van der Waals surface area contributed by atoms with Crippen molar-refractivity contribution in [2.45, 2.75) is 52.2 Å². The molecule has 2 atom stereocenters. The van der Waals surface area contributed by atoms with E-state index in [-0.39, 0.29) is 24.9 Å². The molecule has 3 aromatic rings. The number of carbonyl (C=O) groups is 2. The van der Waals surface area contributed by atoms with Crippen molar-refractivity contribution >= 4 is 66.7 Å². The number of aryl methyl sites for hydroxylation is 1. The maximum absolute atomic E-state index is 14.2. The molecule has 0 saturated heterocycles. The van der Waals surface area contributed by atoms with Gasteiger partial charge in [-0.3, -0.25) is 13.9 Å². The first kappa shape index (κ1) is 32.9. The summed E-state index contributed by atoms with van der Waals surface area (Å²) in [6, 6.07) is 18.3. The van der Waals surface area contributed by atoms with E-state index in [9.17, 15) is 18.0 Å². The van der Waals surface area contributed by atoms with Crippen LogP contribution in [0.5, 0.6) is 0 Å². The van der Waals surface area contributed by atoms with Crippen LogP contribution in [0, 0.1) is 6.92 Å². The van der Waals surface area contributed by atoms with Crippen LogP contribution in [0.25, 0.3) is 0 Å². The van der Waals surface area contributed by atoms with E-state index in [0.717, 1.165) is 26.2 Å². The van der Waals surface area contributed by atoms with E-state index in [1.165, 1.54) is 4.90 Å². The summed E-state index contributed by atoms with van der Waals surface area (Å²) in [6.45, 7) is 5.14. The molecule has 0 fully saturated rings. The number of rotatable bonds is 12. The van der Waals surface area contributed by atoms with Crippen molar-refractivity contribution in [1.82, 2.24) is 10.2 Å². The van der Waals surface area contributed by atoms with Gasteiger partial charge < -0.3 is 10.2 Å². The van der Waals surface area contributed by atoms with Crippen molar-refractivity contribution in [2.24, 2.45) is 0 Å². The van der Waals surface area contributed by atoms with Gasteiger partial charge in [0.2, 0.25) is 21.8 Å². The van der Waals surface area contributed by atoms with Crippen LogP contribution in [-0.4, -0.2) is 50.0 Å². The van der Waals surface area contributed by atoms with Gasteiger partial charge in [-0.15, -0.1) is 0 Å². The van der Waals surface area contributed by atoms with Gasteiger partial charge in [-0.05, 0) is 67.3 Å². The summed E-state index contributed by atoms with van der Waals surface area (Å²) in [5, 5.41) is 3.76. The maximum Gasteiger partial charge on any atom is 0.244 e. The van der Waals surface area contributed by atoms with Crippen LogP contribution in [0.4, 0.5) is 5.69 Å². The van der Waals surface area contributed by atoms with Crippen molar-refractivity contribution in [3.63, 3.8) is 0 Å². The summed E-state index contributed by atoms with van der Waals surface area (Å²) in [7, 11) is -3.86. The highest BCUT2D eigenvalue weighted by Crippen LogP contribution is 2.27. The summed E-state index contributed by atoms with van der Waals surface area (Å²) in [4.78, 5) is 29.3. The van der Waals surface area contributed by atoms with Gasteiger partial charge >= 0.3 is 0 Å². The third-order valence-corrected chi connectivity index (χ3v) is 9.35. The number of amides is 2. The summed E-state index contributed by atoms with van der Waals surface area (Å²) in [5.41, 5.74) is 2.57. The third-order valence-electron chi connectivity index (χ3n) is 6.74. The quantitative estimate of drug-likeness (QED) is 0.240. The van der Waals surface area contributed by atoms with Gasteiger partial charge in [0.1, 0.15) is 12.6 Å². The second-order valence-corrected chi connectivity index (χ2v) is 13.6. The molecular weight excluding hydrogens is 649 g/mol. The summed E-state index contributed by atoms with van der Waals surface area (Å²) >= 11 is 16.1. The lowest BCUT2D eigenvalue weighted by Gasteiger charge is -2.34. The Kier molecular flexibility index (Phi) is 11.7. The van der Waals surface area contributed by atoms with Crippen molar-refractivity contribution in [1.29, 1.82) is 0 Å². The number of sulfonamides is 1. The lowest BCUT2D eigenvalue weighted by atomic mass is 10.0. The molecule has 3 rings (SSSR count). The minimum Gasteiger partial charge on any atom is -0.352 e. The SMILES string of the molecule is CC[C@@H](C)NC(=O)[C@H](Cc1ccccc1)N(Cc1ccc(Cl)cc1Cl)C(=O)CN(c1ccc(Br)c(C)c1)S(C)(=O)=O. The highest BCUT2D eigenvalue weighted by molar-refractivity contribution is 9.10. The molecular formula is C30H34BrCl2N3O4S. The molecule has 41 heavy (non-hydrogen) atoms. The molecule has 2 amide bonds. The highest BCUT2D eigenvalue weighted by atomic mass is 79.9. The van der Waals surface area contributed by atoms with Crippen LogP contribution in [0.3, 0.4) is 0 Å². The number of hydrogen-bond acceptors (Lipinski definition) is 4. The van der Waals surface area contributed by atoms with Gasteiger partial charge in [-0.1, -0.05) is 82.5 Å². The second-order valence-electron chi connectivity index (χ2n) is 9.98. The Bertz CT molecular complexity index is 1490. The van der Waals surface area contributed by atoms with E-state index in [0.29, 0.717) is 27.7 Å². The zero-order valence-electron chi connectivity index (χ0n) is 23.4.